The molecule has 0 radical (unpaired) electrons. The fraction of sp³-hybridized carbons (Fsp3) is 0. The minimum atomic E-state index is -0.241. The molecule has 4 nitrogen and oxygen atoms in total. The summed E-state index contributed by atoms with van der Waals surface area (Å²) in [4.78, 5) is 25.2. The lowest BCUT2D eigenvalue weighted by Gasteiger charge is -2.21. The van der Waals surface area contributed by atoms with Crippen LogP contribution in [0.5, 0.6) is 0 Å². The van der Waals surface area contributed by atoms with Crippen LogP contribution in [0.25, 0.3) is 0 Å². The zero-order valence-corrected chi connectivity index (χ0v) is 13.2. The number of halogens is 2. The number of carbonyl (C=O) groups is 2. The smallest absolute Gasteiger partial charge is 0.195 e. The van der Waals surface area contributed by atoms with Crippen molar-refractivity contribution in [1.29, 1.82) is 0 Å². The number of carbonyl (C=O) groups excluding carboxylic acids is 2. The van der Waals surface area contributed by atoms with Crippen molar-refractivity contribution in [3.05, 3.63) is 55.5 Å². The maximum absolute atomic E-state index is 12.6. The molecule has 4 N–H and O–H groups in total. The van der Waals surface area contributed by atoms with Crippen molar-refractivity contribution in [1.82, 2.24) is 0 Å². The van der Waals surface area contributed by atoms with Crippen LogP contribution in [-0.2, 0) is 0 Å². The minimum absolute atomic E-state index is 0.241. The third-order valence-electron chi connectivity index (χ3n) is 3.29. The molecule has 0 saturated carbocycles. The van der Waals surface area contributed by atoms with Gasteiger partial charge in [0, 0.05) is 33.6 Å². The third-order valence-corrected chi connectivity index (χ3v) is 5.00. The van der Waals surface area contributed by atoms with Gasteiger partial charge < -0.3 is 11.5 Å². The van der Waals surface area contributed by atoms with Crippen molar-refractivity contribution in [2.24, 2.45) is 0 Å². The number of rotatable bonds is 0. The number of ketones is 2. The van der Waals surface area contributed by atoms with E-state index in [2.05, 4.69) is 31.9 Å². The lowest BCUT2D eigenvalue weighted by molar-refractivity contribution is 0.0978. The summed E-state index contributed by atoms with van der Waals surface area (Å²) < 4.78 is 0.902. The van der Waals surface area contributed by atoms with E-state index in [4.69, 9.17) is 11.5 Å². The standard InChI is InChI=1S/C14H8Br2N2O2/c15-11-7(17)3-1-5-9(11)14(20)6-2-4-8(18)12(16)10(6)13(5)19/h1-4H,17-18H2. The Morgan fingerprint density at radius 3 is 1.40 bits per heavy atom. The average Bonchev–Trinajstić information content (AvgIpc) is 2.42. The van der Waals surface area contributed by atoms with Crippen LogP contribution in [0.3, 0.4) is 0 Å². The van der Waals surface area contributed by atoms with Gasteiger partial charge in [-0.2, -0.15) is 0 Å². The van der Waals surface area contributed by atoms with E-state index < -0.39 is 0 Å². The Hall–Kier alpha value is -1.66. The SMILES string of the molecule is Nc1ccc2c(c1Br)C(=O)c1ccc(N)c(Br)c1C2=O. The fourth-order valence-corrected chi connectivity index (χ4v) is 3.33. The van der Waals surface area contributed by atoms with E-state index >= 15 is 0 Å². The molecule has 0 fully saturated rings. The van der Waals surface area contributed by atoms with Crippen molar-refractivity contribution in [3.63, 3.8) is 0 Å². The second kappa shape index (κ2) is 4.43. The Kier molecular flexibility index (Phi) is 2.95. The summed E-state index contributed by atoms with van der Waals surface area (Å²) in [6.07, 6.45) is 0. The van der Waals surface area contributed by atoms with Gasteiger partial charge in [0.1, 0.15) is 0 Å². The van der Waals surface area contributed by atoms with Gasteiger partial charge in [-0.05, 0) is 56.1 Å². The Morgan fingerprint density at radius 2 is 1.05 bits per heavy atom. The molecular formula is C14H8Br2N2O2. The van der Waals surface area contributed by atoms with Crippen molar-refractivity contribution in [2.45, 2.75) is 0 Å². The molecule has 2 aromatic carbocycles. The number of nitrogens with two attached hydrogens (primary N) is 2. The van der Waals surface area contributed by atoms with Crippen molar-refractivity contribution in [2.75, 3.05) is 11.5 Å². The van der Waals surface area contributed by atoms with Crippen molar-refractivity contribution < 1.29 is 9.59 Å². The molecule has 0 aromatic heterocycles. The Balaban J connectivity index is 2.40. The van der Waals surface area contributed by atoms with Crippen LogP contribution in [-0.4, -0.2) is 11.6 Å². The summed E-state index contributed by atoms with van der Waals surface area (Å²) >= 11 is 6.57. The van der Waals surface area contributed by atoms with Crippen LogP contribution in [0.15, 0.2) is 33.2 Å². The quantitative estimate of drug-likeness (QED) is 0.572. The fourth-order valence-electron chi connectivity index (χ4n) is 2.28. The monoisotopic (exact) mass is 394 g/mol. The molecule has 1 aliphatic carbocycles. The first-order valence-corrected chi connectivity index (χ1v) is 7.27. The lowest BCUT2D eigenvalue weighted by Crippen LogP contribution is -2.22. The second-order valence-corrected chi connectivity index (χ2v) is 6.03. The highest BCUT2D eigenvalue weighted by molar-refractivity contribution is 9.11. The lowest BCUT2D eigenvalue weighted by atomic mass is 9.83. The third kappa shape index (κ3) is 1.65. The van der Waals surface area contributed by atoms with Gasteiger partial charge in [0.15, 0.2) is 11.6 Å². The van der Waals surface area contributed by atoms with Crippen LogP contribution in [0.1, 0.15) is 31.8 Å². The normalized spacial score (nSPS) is 13.1. The summed E-state index contributed by atoms with van der Waals surface area (Å²) in [5, 5.41) is 0. The molecule has 0 spiro atoms. The maximum atomic E-state index is 12.6. The van der Waals surface area contributed by atoms with Gasteiger partial charge in [-0.15, -0.1) is 0 Å². The molecule has 0 aliphatic heterocycles. The first kappa shape index (κ1) is 13.3. The van der Waals surface area contributed by atoms with Crippen LogP contribution >= 0.6 is 31.9 Å². The van der Waals surface area contributed by atoms with E-state index in [9.17, 15) is 9.59 Å². The van der Waals surface area contributed by atoms with E-state index in [-0.39, 0.29) is 11.6 Å². The molecule has 0 atom stereocenters. The van der Waals surface area contributed by atoms with Gasteiger partial charge in [-0.3, -0.25) is 9.59 Å². The second-order valence-electron chi connectivity index (χ2n) is 4.44. The molecule has 100 valence electrons. The number of anilines is 2. The molecule has 0 amide bonds. The molecule has 2 aromatic rings. The summed E-state index contributed by atoms with van der Waals surface area (Å²) in [6, 6.07) is 6.32. The number of hydrogen-bond acceptors (Lipinski definition) is 4. The molecule has 3 rings (SSSR count). The molecule has 1 aliphatic rings. The van der Waals surface area contributed by atoms with E-state index in [1.165, 1.54) is 0 Å². The Morgan fingerprint density at radius 1 is 0.700 bits per heavy atom. The molecule has 6 heteroatoms. The summed E-state index contributed by atoms with van der Waals surface area (Å²) in [5.41, 5.74) is 13.7. The van der Waals surface area contributed by atoms with Crippen LogP contribution < -0.4 is 11.5 Å². The van der Waals surface area contributed by atoms with Gasteiger partial charge in [0.2, 0.25) is 0 Å². The first-order chi connectivity index (χ1) is 9.43. The summed E-state index contributed by atoms with van der Waals surface area (Å²) in [6.45, 7) is 0. The van der Waals surface area contributed by atoms with Crippen molar-refractivity contribution >= 4 is 54.8 Å². The molecule has 0 saturated heterocycles. The summed E-state index contributed by atoms with van der Waals surface area (Å²) in [7, 11) is 0. The molecule has 0 bridgehead atoms. The van der Waals surface area contributed by atoms with Crippen LogP contribution in [0, 0.1) is 0 Å². The van der Waals surface area contributed by atoms with Crippen molar-refractivity contribution in [3.8, 4) is 0 Å². The van der Waals surface area contributed by atoms with Gasteiger partial charge in [0.25, 0.3) is 0 Å². The highest BCUT2D eigenvalue weighted by Crippen LogP contribution is 2.39. The Bertz CT molecular complexity index is 733. The topological polar surface area (TPSA) is 86.2 Å². The highest BCUT2D eigenvalue weighted by atomic mass is 79.9. The largest absolute Gasteiger partial charge is 0.398 e. The van der Waals surface area contributed by atoms with Crippen LogP contribution in [0.2, 0.25) is 0 Å². The number of benzene rings is 2. The van der Waals surface area contributed by atoms with E-state index in [1.54, 1.807) is 24.3 Å². The maximum Gasteiger partial charge on any atom is 0.195 e. The highest BCUT2D eigenvalue weighted by Gasteiger charge is 2.33. The molecular weight excluding hydrogens is 388 g/mol. The summed E-state index contributed by atoms with van der Waals surface area (Å²) in [5.74, 6) is -0.482. The molecule has 20 heavy (non-hydrogen) atoms. The Labute approximate surface area is 131 Å². The number of nitrogen functional groups attached to an aromatic ring is 2. The predicted molar refractivity (Wildman–Crippen MR) is 84.0 cm³/mol. The van der Waals surface area contributed by atoms with E-state index in [1.807, 2.05) is 0 Å². The molecule has 0 unspecified atom stereocenters. The van der Waals surface area contributed by atoms with Gasteiger partial charge in [-0.25, -0.2) is 0 Å². The van der Waals surface area contributed by atoms with E-state index in [0.29, 0.717) is 42.6 Å². The van der Waals surface area contributed by atoms with Gasteiger partial charge in [-0.1, -0.05) is 0 Å². The van der Waals surface area contributed by atoms with E-state index in [0.717, 1.165) is 0 Å². The molecule has 0 heterocycles. The number of fused-ring (bicyclic) bond motifs is 2. The van der Waals surface area contributed by atoms with Gasteiger partial charge >= 0.3 is 0 Å². The number of hydrogen-bond donors (Lipinski definition) is 2. The zero-order valence-electron chi connectivity index (χ0n) is 10.0. The minimum Gasteiger partial charge on any atom is -0.398 e. The zero-order chi connectivity index (χ0) is 14.6. The van der Waals surface area contributed by atoms with Gasteiger partial charge in [0.05, 0.1) is 8.95 Å². The average molecular weight is 396 g/mol. The first-order valence-electron chi connectivity index (χ1n) is 5.68. The van der Waals surface area contributed by atoms with Crippen LogP contribution in [0.4, 0.5) is 11.4 Å². The predicted octanol–water partition coefficient (Wildman–Crippen LogP) is 3.15.